The molecule has 96 valence electrons. The number of sulfonamides is 1. The van der Waals surface area contributed by atoms with Crippen LogP contribution in [0.5, 0.6) is 0 Å². The highest BCUT2D eigenvalue weighted by Crippen LogP contribution is 2.21. The first-order chi connectivity index (χ1) is 7.67. The molecule has 0 saturated heterocycles. The molecule has 0 amide bonds. The Kier molecular flexibility index (Phi) is 3.90. The Bertz CT molecular complexity index is 548. The van der Waals surface area contributed by atoms with E-state index in [0.29, 0.717) is 11.4 Å². The minimum atomic E-state index is -3.59. The van der Waals surface area contributed by atoms with Crippen molar-refractivity contribution in [3.63, 3.8) is 0 Å². The van der Waals surface area contributed by atoms with E-state index in [1.54, 1.807) is 20.9 Å². The first kappa shape index (κ1) is 14.1. The summed E-state index contributed by atoms with van der Waals surface area (Å²) in [5.74, 6) is 0. The first-order valence-corrected chi connectivity index (χ1v) is 6.77. The van der Waals surface area contributed by atoms with Crippen LogP contribution in [0.2, 0.25) is 0 Å². The third kappa shape index (κ3) is 2.64. The van der Waals surface area contributed by atoms with Crippen LogP contribution in [-0.2, 0) is 17.1 Å². The van der Waals surface area contributed by atoms with Crippen LogP contribution in [0.3, 0.4) is 0 Å². The third-order valence-corrected chi connectivity index (χ3v) is 4.67. The van der Waals surface area contributed by atoms with E-state index in [2.05, 4.69) is 5.10 Å². The average molecular weight is 276 g/mol. The molecular formula is C9H16N4O2S2. The molecule has 0 atom stereocenters. The molecule has 0 aromatic carbocycles. The van der Waals surface area contributed by atoms with E-state index in [0.717, 1.165) is 4.31 Å². The zero-order valence-electron chi connectivity index (χ0n) is 10.3. The second kappa shape index (κ2) is 4.71. The van der Waals surface area contributed by atoms with E-state index >= 15 is 0 Å². The van der Waals surface area contributed by atoms with Crippen LogP contribution in [0.4, 0.5) is 0 Å². The standard InChI is InChI=1S/C9H16N4O2S2/c1-6-9(7(2)13(4)11-6)17(14,15)12(3)5-8(10)16/h5H2,1-4H3,(H2,10,16). The molecule has 0 bridgehead atoms. The summed E-state index contributed by atoms with van der Waals surface area (Å²) >= 11 is 4.71. The Labute approximate surface area is 106 Å². The SMILES string of the molecule is Cc1nn(C)c(C)c1S(=O)(=O)N(C)CC(N)=S. The molecular weight excluding hydrogens is 260 g/mol. The van der Waals surface area contributed by atoms with Crippen LogP contribution in [0.1, 0.15) is 11.4 Å². The molecule has 0 radical (unpaired) electrons. The maximum absolute atomic E-state index is 12.3. The summed E-state index contributed by atoms with van der Waals surface area (Å²) in [7, 11) is -0.444. The highest BCUT2D eigenvalue weighted by molar-refractivity contribution is 7.89. The average Bonchev–Trinajstić information content (AvgIpc) is 2.39. The molecule has 0 saturated carbocycles. The molecule has 1 heterocycles. The van der Waals surface area contributed by atoms with Crippen LogP contribution in [0, 0.1) is 13.8 Å². The van der Waals surface area contributed by atoms with E-state index in [9.17, 15) is 8.42 Å². The van der Waals surface area contributed by atoms with Crippen molar-refractivity contribution in [2.24, 2.45) is 12.8 Å². The summed E-state index contributed by atoms with van der Waals surface area (Å²) < 4.78 is 27.2. The number of nitrogens with two attached hydrogens (primary N) is 1. The lowest BCUT2D eigenvalue weighted by Gasteiger charge is -2.16. The van der Waals surface area contributed by atoms with Gasteiger partial charge in [-0.2, -0.15) is 9.40 Å². The fraction of sp³-hybridized carbons (Fsp3) is 0.556. The maximum atomic E-state index is 12.3. The van der Waals surface area contributed by atoms with E-state index in [4.69, 9.17) is 18.0 Å². The molecule has 0 aliphatic heterocycles. The Morgan fingerprint density at radius 2 is 2.06 bits per heavy atom. The smallest absolute Gasteiger partial charge is 0.246 e. The van der Waals surface area contributed by atoms with Gasteiger partial charge in [0.15, 0.2) is 0 Å². The first-order valence-electron chi connectivity index (χ1n) is 4.92. The molecule has 1 aromatic rings. The summed E-state index contributed by atoms with van der Waals surface area (Å²) in [4.78, 5) is 0.356. The topological polar surface area (TPSA) is 81.2 Å². The van der Waals surface area contributed by atoms with Crippen molar-refractivity contribution >= 4 is 27.2 Å². The number of aromatic nitrogens is 2. The second-order valence-electron chi connectivity index (χ2n) is 3.85. The lowest BCUT2D eigenvalue weighted by Crippen LogP contribution is -2.35. The van der Waals surface area contributed by atoms with Gasteiger partial charge in [0.25, 0.3) is 0 Å². The maximum Gasteiger partial charge on any atom is 0.246 e. The second-order valence-corrected chi connectivity index (χ2v) is 6.36. The highest BCUT2D eigenvalue weighted by atomic mass is 32.2. The molecule has 0 spiro atoms. The predicted octanol–water partition coefficient (Wildman–Crippen LogP) is -0.0565. The van der Waals surface area contributed by atoms with Crippen LogP contribution >= 0.6 is 12.2 Å². The minimum absolute atomic E-state index is 0.0193. The van der Waals surface area contributed by atoms with E-state index in [1.807, 2.05) is 0 Å². The molecule has 0 aliphatic carbocycles. The molecule has 0 fully saturated rings. The zero-order valence-corrected chi connectivity index (χ0v) is 11.9. The van der Waals surface area contributed by atoms with Gasteiger partial charge in [-0.15, -0.1) is 0 Å². The van der Waals surface area contributed by atoms with Crippen LogP contribution < -0.4 is 5.73 Å². The zero-order chi connectivity index (χ0) is 13.4. The van der Waals surface area contributed by atoms with Gasteiger partial charge in [0.1, 0.15) is 4.90 Å². The van der Waals surface area contributed by atoms with Gasteiger partial charge in [-0.3, -0.25) is 4.68 Å². The Balaban J connectivity index is 3.27. The van der Waals surface area contributed by atoms with Gasteiger partial charge in [-0.05, 0) is 13.8 Å². The lowest BCUT2D eigenvalue weighted by molar-refractivity contribution is 0.505. The van der Waals surface area contributed by atoms with Crippen molar-refractivity contribution in [3.05, 3.63) is 11.4 Å². The molecule has 17 heavy (non-hydrogen) atoms. The summed E-state index contributed by atoms with van der Waals surface area (Å²) in [5.41, 5.74) is 6.42. The van der Waals surface area contributed by atoms with Crippen molar-refractivity contribution in [2.45, 2.75) is 18.7 Å². The number of nitrogens with zero attached hydrogens (tertiary/aromatic N) is 3. The van der Waals surface area contributed by atoms with Gasteiger partial charge >= 0.3 is 0 Å². The molecule has 1 rings (SSSR count). The fourth-order valence-corrected chi connectivity index (χ4v) is 3.40. The number of rotatable bonds is 4. The van der Waals surface area contributed by atoms with Crippen LogP contribution in [-0.4, -0.2) is 41.1 Å². The van der Waals surface area contributed by atoms with Crippen molar-refractivity contribution in [1.82, 2.24) is 14.1 Å². The Morgan fingerprint density at radius 3 is 2.41 bits per heavy atom. The van der Waals surface area contributed by atoms with Crippen LogP contribution in [0.25, 0.3) is 0 Å². The molecule has 0 aliphatic rings. The van der Waals surface area contributed by atoms with Gasteiger partial charge in [-0.25, -0.2) is 8.42 Å². The summed E-state index contributed by atoms with van der Waals surface area (Å²) in [6.07, 6.45) is 0. The summed E-state index contributed by atoms with van der Waals surface area (Å²) in [6, 6.07) is 0. The van der Waals surface area contributed by atoms with E-state index < -0.39 is 10.0 Å². The van der Waals surface area contributed by atoms with Gasteiger partial charge < -0.3 is 5.73 Å². The predicted molar refractivity (Wildman–Crippen MR) is 69.3 cm³/mol. The summed E-state index contributed by atoms with van der Waals surface area (Å²) in [6.45, 7) is 3.39. The van der Waals surface area contributed by atoms with Crippen molar-refractivity contribution in [3.8, 4) is 0 Å². The number of hydrogen-bond acceptors (Lipinski definition) is 4. The largest absolute Gasteiger partial charge is 0.392 e. The Hall–Kier alpha value is -0.990. The van der Waals surface area contributed by atoms with E-state index in [-0.39, 0.29) is 16.4 Å². The van der Waals surface area contributed by atoms with E-state index in [1.165, 1.54) is 11.7 Å². The number of thiocarbonyl (C=S) groups is 1. The number of hydrogen-bond donors (Lipinski definition) is 1. The van der Waals surface area contributed by atoms with Gasteiger partial charge in [0.2, 0.25) is 10.0 Å². The summed E-state index contributed by atoms with van der Waals surface area (Å²) in [5, 5.41) is 4.09. The molecule has 0 unspecified atom stereocenters. The molecule has 2 N–H and O–H groups in total. The van der Waals surface area contributed by atoms with Crippen LogP contribution in [0.15, 0.2) is 4.90 Å². The number of likely N-dealkylation sites (N-methyl/N-ethyl adjacent to an activating group) is 1. The highest BCUT2D eigenvalue weighted by Gasteiger charge is 2.28. The number of aryl methyl sites for hydroxylation is 2. The fourth-order valence-electron chi connectivity index (χ4n) is 1.59. The molecule has 1 aromatic heterocycles. The van der Waals surface area contributed by atoms with Gasteiger partial charge in [0.05, 0.1) is 22.9 Å². The van der Waals surface area contributed by atoms with Crippen molar-refractivity contribution in [2.75, 3.05) is 13.6 Å². The monoisotopic (exact) mass is 276 g/mol. The normalized spacial score (nSPS) is 12.1. The molecule has 8 heteroatoms. The lowest BCUT2D eigenvalue weighted by atomic mass is 10.4. The quantitative estimate of drug-likeness (QED) is 0.779. The van der Waals surface area contributed by atoms with Gasteiger partial charge in [-0.1, -0.05) is 12.2 Å². The van der Waals surface area contributed by atoms with Crippen molar-refractivity contribution in [1.29, 1.82) is 0 Å². The third-order valence-electron chi connectivity index (χ3n) is 2.49. The van der Waals surface area contributed by atoms with Crippen molar-refractivity contribution < 1.29 is 8.42 Å². The van der Waals surface area contributed by atoms with Gasteiger partial charge in [0, 0.05) is 14.1 Å². The Morgan fingerprint density at radius 1 is 1.53 bits per heavy atom. The molecule has 6 nitrogen and oxygen atoms in total. The minimum Gasteiger partial charge on any atom is -0.392 e.